The summed E-state index contributed by atoms with van der Waals surface area (Å²) in [6.07, 6.45) is 3.27. The van der Waals surface area contributed by atoms with Crippen LogP contribution < -0.4 is 5.32 Å². The van der Waals surface area contributed by atoms with Crippen molar-refractivity contribution < 1.29 is 13.5 Å². The predicted octanol–water partition coefficient (Wildman–Crippen LogP) is 4.38. The van der Waals surface area contributed by atoms with Crippen molar-refractivity contribution in [2.45, 2.75) is 32.7 Å². The standard InChI is InChI=1S/C18H24FNO2/c1-2-3-12-21-13-6-11-20-14-15-9-10-18(22-15)16-7-4-5-8-17(16)19/h4-5,7-10,20H,2-3,6,11-14H2,1H3. The maximum Gasteiger partial charge on any atom is 0.137 e. The van der Waals surface area contributed by atoms with Crippen LogP contribution in [0.3, 0.4) is 0 Å². The van der Waals surface area contributed by atoms with Crippen molar-refractivity contribution in [3.63, 3.8) is 0 Å². The van der Waals surface area contributed by atoms with Crippen LogP contribution in [0.5, 0.6) is 0 Å². The summed E-state index contributed by atoms with van der Waals surface area (Å²) in [5, 5.41) is 3.30. The molecule has 1 aromatic carbocycles. The van der Waals surface area contributed by atoms with Crippen molar-refractivity contribution in [2.75, 3.05) is 19.8 Å². The van der Waals surface area contributed by atoms with Gasteiger partial charge in [-0.15, -0.1) is 0 Å². The fourth-order valence-corrected chi connectivity index (χ4v) is 2.14. The van der Waals surface area contributed by atoms with Crippen molar-refractivity contribution in [3.8, 4) is 11.3 Å². The summed E-state index contributed by atoms with van der Waals surface area (Å²) in [7, 11) is 0. The van der Waals surface area contributed by atoms with E-state index in [0.29, 0.717) is 17.9 Å². The Morgan fingerprint density at radius 3 is 2.73 bits per heavy atom. The molecule has 2 aromatic rings. The molecule has 0 spiro atoms. The molecule has 3 nitrogen and oxygen atoms in total. The van der Waals surface area contributed by atoms with Crippen LogP contribution in [-0.4, -0.2) is 19.8 Å². The van der Waals surface area contributed by atoms with Crippen LogP contribution in [0, 0.1) is 5.82 Å². The van der Waals surface area contributed by atoms with Gasteiger partial charge in [0.1, 0.15) is 17.3 Å². The second kappa shape index (κ2) is 9.38. The maximum absolute atomic E-state index is 13.7. The van der Waals surface area contributed by atoms with Crippen LogP contribution in [0.15, 0.2) is 40.8 Å². The van der Waals surface area contributed by atoms with Gasteiger partial charge >= 0.3 is 0 Å². The van der Waals surface area contributed by atoms with Crippen molar-refractivity contribution in [2.24, 2.45) is 0 Å². The maximum atomic E-state index is 13.7. The van der Waals surface area contributed by atoms with Crippen molar-refractivity contribution in [1.82, 2.24) is 5.32 Å². The summed E-state index contributed by atoms with van der Waals surface area (Å²) in [6, 6.07) is 10.3. The number of furan rings is 1. The third kappa shape index (κ3) is 5.28. The Hall–Kier alpha value is -1.65. The van der Waals surface area contributed by atoms with E-state index in [1.165, 1.54) is 12.5 Å². The molecule has 0 amide bonds. The molecule has 0 aliphatic carbocycles. The minimum absolute atomic E-state index is 0.263. The Balaban J connectivity index is 1.69. The molecule has 1 aromatic heterocycles. The summed E-state index contributed by atoms with van der Waals surface area (Å²) >= 11 is 0. The zero-order valence-electron chi connectivity index (χ0n) is 13.1. The Morgan fingerprint density at radius 2 is 1.91 bits per heavy atom. The number of ether oxygens (including phenoxy) is 1. The average Bonchev–Trinajstić information content (AvgIpc) is 2.99. The minimum atomic E-state index is -0.263. The molecular formula is C18H24FNO2. The Bertz CT molecular complexity index is 554. The molecule has 0 bridgehead atoms. The van der Waals surface area contributed by atoms with Gasteiger partial charge in [-0.2, -0.15) is 0 Å². The number of unbranched alkanes of at least 4 members (excludes halogenated alkanes) is 1. The zero-order chi connectivity index (χ0) is 15.6. The molecule has 0 unspecified atom stereocenters. The molecule has 0 aliphatic heterocycles. The van der Waals surface area contributed by atoms with E-state index in [0.717, 1.165) is 38.4 Å². The first-order valence-electron chi connectivity index (χ1n) is 7.93. The van der Waals surface area contributed by atoms with Crippen molar-refractivity contribution in [1.29, 1.82) is 0 Å². The van der Waals surface area contributed by atoms with E-state index in [2.05, 4.69) is 12.2 Å². The number of benzene rings is 1. The highest BCUT2D eigenvalue weighted by atomic mass is 19.1. The second-order valence-corrected chi connectivity index (χ2v) is 5.24. The lowest BCUT2D eigenvalue weighted by Gasteiger charge is -2.04. The molecule has 2 rings (SSSR count). The van der Waals surface area contributed by atoms with Crippen LogP contribution in [0.2, 0.25) is 0 Å². The largest absolute Gasteiger partial charge is 0.460 e. The number of hydrogen-bond acceptors (Lipinski definition) is 3. The van der Waals surface area contributed by atoms with Gasteiger partial charge < -0.3 is 14.5 Å². The molecule has 0 atom stereocenters. The van der Waals surface area contributed by atoms with E-state index < -0.39 is 0 Å². The van der Waals surface area contributed by atoms with Gasteiger partial charge in [-0.3, -0.25) is 0 Å². The molecule has 0 fully saturated rings. The summed E-state index contributed by atoms with van der Waals surface area (Å²) in [5.41, 5.74) is 0.498. The normalized spacial score (nSPS) is 11.0. The molecule has 0 radical (unpaired) electrons. The summed E-state index contributed by atoms with van der Waals surface area (Å²) in [6.45, 7) is 5.31. The lowest BCUT2D eigenvalue weighted by molar-refractivity contribution is 0.128. The van der Waals surface area contributed by atoms with E-state index in [1.54, 1.807) is 18.2 Å². The Labute approximate surface area is 131 Å². The smallest absolute Gasteiger partial charge is 0.137 e. The first-order chi connectivity index (χ1) is 10.8. The lowest BCUT2D eigenvalue weighted by atomic mass is 10.1. The highest BCUT2D eigenvalue weighted by Crippen LogP contribution is 2.24. The van der Waals surface area contributed by atoms with E-state index in [1.807, 2.05) is 12.1 Å². The van der Waals surface area contributed by atoms with E-state index in [9.17, 15) is 4.39 Å². The average molecular weight is 305 g/mol. The molecule has 120 valence electrons. The van der Waals surface area contributed by atoms with Gasteiger partial charge in [-0.1, -0.05) is 25.5 Å². The fraction of sp³-hybridized carbons (Fsp3) is 0.444. The van der Waals surface area contributed by atoms with Gasteiger partial charge in [0.05, 0.1) is 12.1 Å². The molecule has 1 N–H and O–H groups in total. The number of hydrogen-bond donors (Lipinski definition) is 1. The topological polar surface area (TPSA) is 34.4 Å². The first kappa shape index (κ1) is 16.7. The first-order valence-corrected chi connectivity index (χ1v) is 7.93. The van der Waals surface area contributed by atoms with Crippen LogP contribution in [-0.2, 0) is 11.3 Å². The molecule has 1 heterocycles. The molecular weight excluding hydrogens is 281 g/mol. The van der Waals surface area contributed by atoms with E-state index in [-0.39, 0.29) is 5.82 Å². The zero-order valence-corrected chi connectivity index (χ0v) is 13.1. The Morgan fingerprint density at radius 1 is 1.09 bits per heavy atom. The van der Waals surface area contributed by atoms with Gasteiger partial charge in [-0.05, 0) is 43.7 Å². The van der Waals surface area contributed by atoms with Crippen LogP contribution >= 0.6 is 0 Å². The number of rotatable bonds is 10. The highest BCUT2D eigenvalue weighted by molar-refractivity contribution is 5.58. The molecule has 0 saturated heterocycles. The van der Waals surface area contributed by atoms with E-state index in [4.69, 9.17) is 9.15 Å². The predicted molar refractivity (Wildman–Crippen MR) is 86.2 cm³/mol. The number of nitrogens with one attached hydrogen (secondary N) is 1. The summed E-state index contributed by atoms with van der Waals surface area (Å²) in [5.74, 6) is 1.11. The van der Waals surface area contributed by atoms with Crippen molar-refractivity contribution in [3.05, 3.63) is 48.0 Å². The Kier molecular flexibility index (Phi) is 7.13. The van der Waals surface area contributed by atoms with Gasteiger partial charge in [-0.25, -0.2) is 4.39 Å². The summed E-state index contributed by atoms with van der Waals surface area (Å²) in [4.78, 5) is 0. The van der Waals surface area contributed by atoms with Gasteiger partial charge in [0, 0.05) is 13.2 Å². The van der Waals surface area contributed by atoms with Crippen LogP contribution in [0.4, 0.5) is 4.39 Å². The van der Waals surface area contributed by atoms with Gasteiger partial charge in [0.15, 0.2) is 0 Å². The van der Waals surface area contributed by atoms with E-state index >= 15 is 0 Å². The third-order valence-electron chi connectivity index (χ3n) is 3.38. The van der Waals surface area contributed by atoms with Crippen LogP contribution in [0.1, 0.15) is 31.9 Å². The lowest BCUT2D eigenvalue weighted by Crippen LogP contribution is -2.16. The monoisotopic (exact) mass is 305 g/mol. The quantitative estimate of drug-likeness (QED) is 0.661. The SMILES string of the molecule is CCCCOCCCNCc1ccc(-c2ccccc2F)o1. The van der Waals surface area contributed by atoms with Crippen molar-refractivity contribution >= 4 is 0 Å². The van der Waals surface area contributed by atoms with Gasteiger partial charge in [0.2, 0.25) is 0 Å². The molecule has 0 aliphatic rings. The number of halogens is 1. The molecule has 22 heavy (non-hydrogen) atoms. The van der Waals surface area contributed by atoms with Crippen LogP contribution in [0.25, 0.3) is 11.3 Å². The molecule has 4 heteroatoms. The molecule has 0 saturated carbocycles. The minimum Gasteiger partial charge on any atom is -0.460 e. The van der Waals surface area contributed by atoms with Gasteiger partial charge in [0.25, 0.3) is 0 Å². The fourth-order valence-electron chi connectivity index (χ4n) is 2.14. The third-order valence-corrected chi connectivity index (χ3v) is 3.38. The second-order valence-electron chi connectivity index (χ2n) is 5.24. The summed E-state index contributed by atoms with van der Waals surface area (Å²) < 4.78 is 24.8. The highest BCUT2D eigenvalue weighted by Gasteiger charge is 2.08.